The van der Waals surface area contributed by atoms with Gasteiger partial charge in [-0.25, -0.2) is 15.0 Å². The van der Waals surface area contributed by atoms with Crippen LogP contribution in [-0.4, -0.2) is 56.8 Å². The Labute approximate surface area is 233 Å². The number of piperidine rings is 1. The lowest BCUT2D eigenvalue weighted by atomic mass is 10.0. The maximum atomic E-state index is 10.9. The van der Waals surface area contributed by atoms with E-state index in [0.717, 1.165) is 53.5 Å². The highest BCUT2D eigenvalue weighted by Crippen LogP contribution is 2.30. The maximum Gasteiger partial charge on any atom is 0.303 e. The number of carboxylic acid groups (broad SMARTS) is 1. The summed E-state index contributed by atoms with van der Waals surface area (Å²) in [6.07, 6.45) is 7.53. The second kappa shape index (κ2) is 12.9. The van der Waals surface area contributed by atoms with Crippen LogP contribution in [0.2, 0.25) is 0 Å². The molecule has 206 valence electrons. The third kappa shape index (κ3) is 7.02. The van der Waals surface area contributed by atoms with Gasteiger partial charge in [0, 0.05) is 24.7 Å². The third-order valence-electron chi connectivity index (χ3n) is 6.51. The molecule has 40 heavy (non-hydrogen) atoms. The summed E-state index contributed by atoms with van der Waals surface area (Å²) in [6.45, 7) is 4.08. The van der Waals surface area contributed by atoms with Crippen molar-refractivity contribution in [1.29, 1.82) is 0 Å². The first kappa shape index (κ1) is 26.9. The number of aliphatic carboxylic acids is 1. The average Bonchev–Trinajstić information content (AvgIpc) is 2.98. The minimum atomic E-state index is -0.818. The molecule has 2 aromatic carbocycles. The Kier molecular flexibility index (Phi) is 8.65. The number of rotatable bonds is 11. The standard InChI is InChI=1S/C30H32N6O4/c1-2-39-25-10-3-4-11-26(25)40-23-9-6-16-36(20-23)28-19-31-18-27(34-28)35-30-32-15-14-24(33-30)22-8-5-7-21(17-22)12-13-29(37)38/h3-5,7-8,10-11,14-15,17-19,23H,2,6,9,12-13,16,20H2,1H3,(H,37,38)(H,32,33,34,35)/t23-/m1/s1. The van der Waals surface area contributed by atoms with Gasteiger partial charge in [-0.3, -0.25) is 9.78 Å². The number of hydrogen-bond donors (Lipinski definition) is 2. The summed E-state index contributed by atoms with van der Waals surface area (Å²) in [5, 5.41) is 12.2. The van der Waals surface area contributed by atoms with Crippen LogP contribution in [0.5, 0.6) is 11.5 Å². The van der Waals surface area contributed by atoms with Crippen molar-refractivity contribution in [2.75, 3.05) is 29.9 Å². The van der Waals surface area contributed by atoms with Gasteiger partial charge in [0.2, 0.25) is 5.95 Å². The molecule has 1 saturated heterocycles. The first-order chi connectivity index (χ1) is 19.6. The fourth-order valence-corrected chi connectivity index (χ4v) is 4.64. The first-order valence-electron chi connectivity index (χ1n) is 13.4. The van der Waals surface area contributed by atoms with E-state index in [2.05, 4.69) is 25.2 Å². The molecule has 4 aromatic rings. The fraction of sp³-hybridized carbons (Fsp3) is 0.300. The van der Waals surface area contributed by atoms with Gasteiger partial charge in [0.25, 0.3) is 0 Å². The molecule has 0 spiro atoms. The number of carboxylic acids is 1. The van der Waals surface area contributed by atoms with E-state index in [1.54, 1.807) is 18.6 Å². The van der Waals surface area contributed by atoms with Gasteiger partial charge in [0.15, 0.2) is 17.3 Å². The van der Waals surface area contributed by atoms with E-state index in [1.807, 2.05) is 61.5 Å². The van der Waals surface area contributed by atoms with Crippen LogP contribution in [0.25, 0.3) is 11.3 Å². The molecule has 2 aromatic heterocycles. The minimum absolute atomic E-state index is 0.0000448. The molecular formula is C30H32N6O4. The van der Waals surface area contributed by atoms with Crippen LogP contribution in [0.3, 0.4) is 0 Å². The number of carbonyl (C=O) groups is 1. The predicted octanol–water partition coefficient (Wildman–Crippen LogP) is 5.14. The maximum absolute atomic E-state index is 10.9. The summed E-state index contributed by atoms with van der Waals surface area (Å²) in [5.74, 6) is 2.37. The molecule has 10 heteroatoms. The SMILES string of the molecule is CCOc1ccccc1O[C@@H]1CCCN(c2cncc(Nc3nccc(-c4cccc(CCC(=O)O)c4)n3)n2)C1. The van der Waals surface area contributed by atoms with Crippen molar-refractivity contribution in [3.8, 4) is 22.8 Å². The van der Waals surface area contributed by atoms with Gasteiger partial charge in [0.1, 0.15) is 11.9 Å². The fourth-order valence-electron chi connectivity index (χ4n) is 4.64. The van der Waals surface area contributed by atoms with Crippen molar-refractivity contribution < 1.29 is 19.4 Å². The molecule has 3 heterocycles. The van der Waals surface area contributed by atoms with Crippen LogP contribution < -0.4 is 19.7 Å². The summed E-state index contributed by atoms with van der Waals surface area (Å²) >= 11 is 0. The molecule has 1 atom stereocenters. The number of aromatic nitrogens is 4. The molecule has 1 fully saturated rings. The van der Waals surface area contributed by atoms with Gasteiger partial charge in [-0.15, -0.1) is 0 Å². The lowest BCUT2D eigenvalue weighted by molar-refractivity contribution is -0.136. The molecule has 0 bridgehead atoms. The summed E-state index contributed by atoms with van der Waals surface area (Å²) in [6, 6.07) is 17.3. The summed E-state index contributed by atoms with van der Waals surface area (Å²) in [4.78, 5) is 31.3. The van der Waals surface area contributed by atoms with Crippen LogP contribution in [0.15, 0.2) is 73.2 Å². The van der Waals surface area contributed by atoms with Gasteiger partial charge < -0.3 is 24.8 Å². The van der Waals surface area contributed by atoms with Gasteiger partial charge >= 0.3 is 5.97 Å². The van der Waals surface area contributed by atoms with E-state index in [-0.39, 0.29) is 12.5 Å². The number of aryl methyl sites for hydroxylation is 1. The predicted molar refractivity (Wildman–Crippen MR) is 152 cm³/mol. The van der Waals surface area contributed by atoms with E-state index in [0.29, 0.717) is 31.3 Å². The molecule has 0 unspecified atom stereocenters. The quantitative estimate of drug-likeness (QED) is 0.264. The average molecular weight is 541 g/mol. The number of para-hydroxylation sites is 2. The lowest BCUT2D eigenvalue weighted by Crippen LogP contribution is -2.41. The molecule has 1 aliphatic heterocycles. The molecular weight excluding hydrogens is 508 g/mol. The zero-order valence-corrected chi connectivity index (χ0v) is 22.4. The highest BCUT2D eigenvalue weighted by atomic mass is 16.5. The van der Waals surface area contributed by atoms with Gasteiger partial charge in [-0.05, 0) is 56.0 Å². The van der Waals surface area contributed by atoms with Crippen LogP contribution in [0.4, 0.5) is 17.6 Å². The van der Waals surface area contributed by atoms with Crippen molar-refractivity contribution in [1.82, 2.24) is 19.9 Å². The van der Waals surface area contributed by atoms with Gasteiger partial charge in [-0.1, -0.05) is 30.3 Å². The Morgan fingerprint density at radius 2 is 1.98 bits per heavy atom. The number of benzene rings is 2. The molecule has 0 radical (unpaired) electrons. The van der Waals surface area contributed by atoms with Crippen molar-refractivity contribution >= 4 is 23.6 Å². The van der Waals surface area contributed by atoms with E-state index >= 15 is 0 Å². The van der Waals surface area contributed by atoms with Crippen LogP contribution in [0, 0.1) is 0 Å². The largest absolute Gasteiger partial charge is 0.490 e. The Balaban J connectivity index is 1.26. The summed E-state index contributed by atoms with van der Waals surface area (Å²) < 4.78 is 12.0. The zero-order chi connectivity index (χ0) is 27.7. The Morgan fingerprint density at radius 1 is 1.10 bits per heavy atom. The zero-order valence-electron chi connectivity index (χ0n) is 22.4. The number of hydrogen-bond acceptors (Lipinski definition) is 9. The van der Waals surface area contributed by atoms with Crippen LogP contribution >= 0.6 is 0 Å². The Bertz CT molecular complexity index is 1450. The molecule has 0 aliphatic carbocycles. The lowest BCUT2D eigenvalue weighted by Gasteiger charge is -2.33. The first-order valence-corrected chi connectivity index (χ1v) is 13.4. The van der Waals surface area contributed by atoms with E-state index in [9.17, 15) is 4.79 Å². The molecule has 10 nitrogen and oxygen atoms in total. The van der Waals surface area contributed by atoms with E-state index in [1.165, 1.54) is 0 Å². The number of nitrogens with one attached hydrogen (secondary N) is 1. The molecule has 2 N–H and O–H groups in total. The number of anilines is 3. The molecule has 0 saturated carbocycles. The second-order valence-corrected chi connectivity index (χ2v) is 9.45. The third-order valence-corrected chi connectivity index (χ3v) is 6.51. The normalized spacial score (nSPS) is 14.9. The molecule has 1 aliphatic rings. The van der Waals surface area contributed by atoms with Gasteiger partial charge in [0.05, 0.1) is 31.2 Å². The molecule has 5 rings (SSSR count). The Hall–Kier alpha value is -4.73. The number of nitrogens with zero attached hydrogens (tertiary/aromatic N) is 5. The van der Waals surface area contributed by atoms with E-state index in [4.69, 9.17) is 19.6 Å². The van der Waals surface area contributed by atoms with Crippen molar-refractivity contribution in [2.24, 2.45) is 0 Å². The minimum Gasteiger partial charge on any atom is -0.490 e. The van der Waals surface area contributed by atoms with Crippen molar-refractivity contribution in [3.63, 3.8) is 0 Å². The van der Waals surface area contributed by atoms with Crippen molar-refractivity contribution in [2.45, 2.75) is 38.7 Å². The molecule has 0 amide bonds. The Morgan fingerprint density at radius 3 is 2.83 bits per heavy atom. The monoisotopic (exact) mass is 540 g/mol. The van der Waals surface area contributed by atoms with Crippen LogP contribution in [0.1, 0.15) is 31.7 Å². The van der Waals surface area contributed by atoms with E-state index < -0.39 is 5.97 Å². The highest BCUT2D eigenvalue weighted by molar-refractivity contribution is 5.67. The van der Waals surface area contributed by atoms with Crippen molar-refractivity contribution in [3.05, 3.63) is 78.8 Å². The smallest absolute Gasteiger partial charge is 0.303 e. The van der Waals surface area contributed by atoms with Crippen LogP contribution in [-0.2, 0) is 11.2 Å². The highest BCUT2D eigenvalue weighted by Gasteiger charge is 2.24. The topological polar surface area (TPSA) is 123 Å². The summed E-state index contributed by atoms with van der Waals surface area (Å²) in [5.41, 5.74) is 2.55. The summed E-state index contributed by atoms with van der Waals surface area (Å²) in [7, 11) is 0. The second-order valence-electron chi connectivity index (χ2n) is 9.45. The number of ether oxygens (including phenoxy) is 2. The van der Waals surface area contributed by atoms with Gasteiger partial charge in [-0.2, -0.15) is 0 Å².